The summed E-state index contributed by atoms with van der Waals surface area (Å²) < 4.78 is 38.0. The van der Waals surface area contributed by atoms with Crippen molar-refractivity contribution in [3.05, 3.63) is 23.4 Å². The number of nitrogens with zero attached hydrogens (tertiary/aromatic N) is 2. The Kier molecular flexibility index (Phi) is 4.39. The Morgan fingerprint density at radius 3 is 2.37 bits per heavy atom. The predicted octanol–water partition coefficient (Wildman–Crippen LogP) is 2.43. The average Bonchev–Trinajstić information content (AvgIpc) is 2.27. The maximum atomic E-state index is 12.7. The maximum Gasteiger partial charge on any atom is 0.433 e. The molecule has 0 saturated carbocycles. The zero-order valence-corrected chi connectivity index (χ0v) is 11.0. The third-order valence-electron chi connectivity index (χ3n) is 2.67. The van der Waals surface area contributed by atoms with E-state index in [-0.39, 0.29) is 17.4 Å². The van der Waals surface area contributed by atoms with Crippen molar-refractivity contribution in [2.75, 3.05) is 11.4 Å². The van der Waals surface area contributed by atoms with Gasteiger partial charge >= 0.3 is 6.18 Å². The molecule has 0 spiro atoms. The van der Waals surface area contributed by atoms with Crippen LogP contribution in [0.4, 0.5) is 19.0 Å². The van der Waals surface area contributed by atoms with Gasteiger partial charge in [-0.25, -0.2) is 4.98 Å². The van der Waals surface area contributed by atoms with Crippen molar-refractivity contribution in [3.63, 3.8) is 0 Å². The fraction of sp³-hybridized carbons (Fsp3) is 0.500. The molecule has 1 rings (SSSR count). The summed E-state index contributed by atoms with van der Waals surface area (Å²) in [6.45, 7) is 5.80. The molecule has 0 atom stereocenters. The lowest BCUT2D eigenvalue weighted by atomic mass is 10.1. The Morgan fingerprint density at radius 1 is 1.42 bits per heavy atom. The van der Waals surface area contributed by atoms with Crippen molar-refractivity contribution in [3.8, 4) is 0 Å². The standard InChI is InChI=1S/C12H16F3N3O/c1-4-18(7(2)3)11-8(10(16)19)5-6-9(17-11)12(13,14)15/h5-7H,4H2,1-3H3,(H2,16,19). The van der Waals surface area contributed by atoms with E-state index in [0.29, 0.717) is 6.54 Å². The van der Waals surface area contributed by atoms with Crippen LogP contribution in [0.3, 0.4) is 0 Å². The molecule has 1 aromatic rings. The highest BCUT2D eigenvalue weighted by atomic mass is 19.4. The molecule has 7 heteroatoms. The molecule has 0 aliphatic rings. The molecule has 2 N–H and O–H groups in total. The number of rotatable bonds is 4. The lowest BCUT2D eigenvalue weighted by molar-refractivity contribution is -0.141. The van der Waals surface area contributed by atoms with Crippen LogP contribution in [0, 0.1) is 0 Å². The van der Waals surface area contributed by atoms with Crippen molar-refractivity contribution in [1.29, 1.82) is 0 Å². The van der Waals surface area contributed by atoms with Gasteiger partial charge in [0.15, 0.2) is 0 Å². The Labute approximate surface area is 109 Å². The third kappa shape index (κ3) is 3.36. The summed E-state index contributed by atoms with van der Waals surface area (Å²) in [7, 11) is 0. The molecule has 1 aromatic heterocycles. The van der Waals surface area contributed by atoms with Gasteiger partial charge in [0, 0.05) is 12.6 Å². The quantitative estimate of drug-likeness (QED) is 0.918. The van der Waals surface area contributed by atoms with E-state index in [9.17, 15) is 18.0 Å². The first kappa shape index (κ1) is 15.3. The molecule has 4 nitrogen and oxygen atoms in total. The number of nitrogens with two attached hydrogens (primary N) is 1. The van der Waals surface area contributed by atoms with Gasteiger partial charge in [0.2, 0.25) is 0 Å². The fourth-order valence-corrected chi connectivity index (χ4v) is 1.78. The molecule has 106 valence electrons. The van der Waals surface area contributed by atoms with E-state index in [1.807, 2.05) is 0 Å². The first-order chi connectivity index (χ1) is 8.68. The van der Waals surface area contributed by atoms with Crippen molar-refractivity contribution in [1.82, 2.24) is 4.98 Å². The highest BCUT2D eigenvalue weighted by molar-refractivity contribution is 5.97. The molecule has 0 aromatic carbocycles. The van der Waals surface area contributed by atoms with Crippen LogP contribution in [-0.2, 0) is 6.18 Å². The molecule has 0 fully saturated rings. The number of carbonyl (C=O) groups is 1. The van der Waals surface area contributed by atoms with Crippen LogP contribution in [0.15, 0.2) is 12.1 Å². The summed E-state index contributed by atoms with van der Waals surface area (Å²) in [5, 5.41) is 0. The van der Waals surface area contributed by atoms with Crippen LogP contribution < -0.4 is 10.6 Å². The number of hydrogen-bond donors (Lipinski definition) is 1. The van der Waals surface area contributed by atoms with Crippen molar-refractivity contribution >= 4 is 11.7 Å². The topological polar surface area (TPSA) is 59.2 Å². The smallest absolute Gasteiger partial charge is 0.365 e. The van der Waals surface area contributed by atoms with E-state index in [1.165, 1.54) is 0 Å². The van der Waals surface area contributed by atoms with E-state index >= 15 is 0 Å². The molecule has 0 aliphatic heterocycles. The molecule has 0 saturated heterocycles. The minimum Gasteiger partial charge on any atom is -0.365 e. The lowest BCUT2D eigenvalue weighted by Crippen LogP contribution is -2.34. The molecule has 0 bridgehead atoms. The largest absolute Gasteiger partial charge is 0.433 e. The normalized spacial score (nSPS) is 11.7. The van der Waals surface area contributed by atoms with E-state index in [2.05, 4.69) is 4.98 Å². The number of carbonyl (C=O) groups excluding carboxylic acids is 1. The zero-order chi connectivity index (χ0) is 14.8. The van der Waals surface area contributed by atoms with E-state index < -0.39 is 17.8 Å². The van der Waals surface area contributed by atoms with Crippen LogP contribution in [-0.4, -0.2) is 23.5 Å². The number of alkyl halides is 3. The second-order valence-electron chi connectivity index (χ2n) is 4.31. The van der Waals surface area contributed by atoms with Gasteiger partial charge in [-0.1, -0.05) is 0 Å². The minimum atomic E-state index is -4.55. The van der Waals surface area contributed by atoms with Crippen molar-refractivity contribution in [2.45, 2.75) is 33.0 Å². The molecule has 1 amide bonds. The monoisotopic (exact) mass is 275 g/mol. The zero-order valence-electron chi connectivity index (χ0n) is 11.0. The summed E-state index contributed by atoms with van der Waals surface area (Å²) in [6.07, 6.45) is -4.55. The van der Waals surface area contributed by atoms with Crippen molar-refractivity contribution < 1.29 is 18.0 Å². The van der Waals surface area contributed by atoms with Crippen molar-refractivity contribution in [2.24, 2.45) is 5.73 Å². The third-order valence-corrected chi connectivity index (χ3v) is 2.67. The maximum absolute atomic E-state index is 12.7. The first-order valence-corrected chi connectivity index (χ1v) is 5.83. The molecular formula is C12H16F3N3O. The molecule has 0 aliphatic carbocycles. The van der Waals surface area contributed by atoms with Gasteiger partial charge in [-0.05, 0) is 32.9 Å². The van der Waals surface area contributed by atoms with Gasteiger partial charge in [-0.3, -0.25) is 4.79 Å². The summed E-state index contributed by atoms with van der Waals surface area (Å²) in [5.41, 5.74) is 4.13. The molecule has 0 radical (unpaired) electrons. The van der Waals surface area contributed by atoms with Crippen LogP contribution in [0.25, 0.3) is 0 Å². The van der Waals surface area contributed by atoms with Crippen LogP contribution in [0.5, 0.6) is 0 Å². The Bertz CT molecular complexity index is 472. The van der Waals surface area contributed by atoms with Gasteiger partial charge in [-0.15, -0.1) is 0 Å². The van der Waals surface area contributed by atoms with Gasteiger partial charge in [0.25, 0.3) is 5.91 Å². The van der Waals surface area contributed by atoms with Gasteiger partial charge < -0.3 is 10.6 Å². The molecular weight excluding hydrogens is 259 g/mol. The molecule has 0 unspecified atom stereocenters. The van der Waals surface area contributed by atoms with Gasteiger partial charge in [-0.2, -0.15) is 13.2 Å². The number of halogens is 3. The summed E-state index contributed by atoms with van der Waals surface area (Å²) in [4.78, 5) is 16.5. The number of anilines is 1. The highest BCUT2D eigenvalue weighted by Crippen LogP contribution is 2.31. The Hall–Kier alpha value is -1.79. The lowest BCUT2D eigenvalue weighted by Gasteiger charge is -2.28. The van der Waals surface area contributed by atoms with E-state index in [4.69, 9.17) is 5.73 Å². The first-order valence-electron chi connectivity index (χ1n) is 5.83. The minimum absolute atomic E-state index is 0.0106. The SMILES string of the molecule is CCN(c1nc(C(F)(F)F)ccc1C(N)=O)C(C)C. The second kappa shape index (κ2) is 5.46. The predicted molar refractivity (Wildman–Crippen MR) is 65.9 cm³/mol. The van der Waals surface area contributed by atoms with E-state index in [1.54, 1.807) is 25.7 Å². The average molecular weight is 275 g/mol. The van der Waals surface area contributed by atoms with Crippen LogP contribution in [0.2, 0.25) is 0 Å². The molecule has 19 heavy (non-hydrogen) atoms. The number of aromatic nitrogens is 1. The van der Waals surface area contributed by atoms with E-state index in [0.717, 1.165) is 12.1 Å². The summed E-state index contributed by atoms with van der Waals surface area (Å²) in [6, 6.07) is 1.73. The number of hydrogen-bond acceptors (Lipinski definition) is 3. The Morgan fingerprint density at radius 2 is 2.00 bits per heavy atom. The number of amides is 1. The molecule has 1 heterocycles. The Balaban J connectivity index is 3.42. The summed E-state index contributed by atoms with van der Waals surface area (Å²) >= 11 is 0. The number of pyridine rings is 1. The van der Waals surface area contributed by atoms with Gasteiger partial charge in [0.1, 0.15) is 11.5 Å². The van der Waals surface area contributed by atoms with Crippen LogP contribution in [0.1, 0.15) is 36.8 Å². The van der Waals surface area contributed by atoms with Crippen LogP contribution >= 0.6 is 0 Å². The van der Waals surface area contributed by atoms with Gasteiger partial charge in [0.05, 0.1) is 5.56 Å². The highest BCUT2D eigenvalue weighted by Gasteiger charge is 2.34. The number of primary amides is 1. The summed E-state index contributed by atoms with van der Waals surface area (Å²) in [5.74, 6) is -0.824. The fourth-order valence-electron chi connectivity index (χ4n) is 1.78. The second-order valence-corrected chi connectivity index (χ2v) is 4.31.